The maximum Gasteiger partial charge on any atom is 0.307 e. The first-order valence-corrected chi connectivity index (χ1v) is 7.64. The number of aliphatic carboxylic acids is 1. The number of carboxylic acid groups (broad SMARTS) is 1. The number of benzene rings is 1. The molecule has 1 aromatic carbocycles. The summed E-state index contributed by atoms with van der Waals surface area (Å²) in [6.45, 7) is 2.07. The van der Waals surface area contributed by atoms with E-state index in [0.717, 1.165) is 5.56 Å². The molecule has 1 heterocycles. The molecule has 0 aromatic heterocycles. The highest BCUT2D eigenvalue weighted by Gasteiger charge is 2.34. The zero-order chi connectivity index (χ0) is 16.4. The Hall–Kier alpha value is -2.50. The van der Waals surface area contributed by atoms with Crippen molar-refractivity contribution in [1.29, 1.82) is 0 Å². The minimum atomic E-state index is -0.926. The number of carbonyl (C=O) groups excluding carboxylic acids is 1. The molecule has 0 radical (unpaired) electrons. The Morgan fingerprint density at radius 1 is 1.17 bits per heavy atom. The van der Waals surface area contributed by atoms with Gasteiger partial charge in [-0.05, 0) is 37.5 Å². The van der Waals surface area contributed by atoms with Gasteiger partial charge in [0.2, 0.25) is 12.7 Å². The highest BCUT2D eigenvalue weighted by atomic mass is 16.7. The van der Waals surface area contributed by atoms with Crippen molar-refractivity contribution in [3.05, 3.63) is 35.9 Å². The lowest BCUT2D eigenvalue weighted by molar-refractivity contribution is -0.147. The normalized spacial score (nSPS) is 23.3. The van der Waals surface area contributed by atoms with Gasteiger partial charge in [0.25, 0.3) is 0 Å². The van der Waals surface area contributed by atoms with Gasteiger partial charge in [0.15, 0.2) is 11.5 Å². The summed E-state index contributed by atoms with van der Waals surface area (Å²) < 4.78 is 10.6. The summed E-state index contributed by atoms with van der Waals surface area (Å²) in [5.41, 5.74) is 0.890. The lowest BCUT2D eigenvalue weighted by Crippen LogP contribution is -2.39. The van der Waals surface area contributed by atoms with Crippen molar-refractivity contribution in [2.45, 2.75) is 25.8 Å². The van der Waals surface area contributed by atoms with Crippen LogP contribution in [0.1, 0.15) is 31.4 Å². The topological polar surface area (TPSA) is 84.9 Å². The standard InChI is InChI=1S/C17H19NO5/c1-10(11-6-7-14-15(8-11)23-9-22-14)18-16(19)12-4-2-3-5-13(12)17(20)21/h2-3,6-8,10,12-13H,4-5,9H2,1H3,(H,18,19)(H,20,21). The molecule has 3 atom stereocenters. The highest BCUT2D eigenvalue weighted by Crippen LogP contribution is 2.34. The van der Waals surface area contributed by atoms with Gasteiger partial charge < -0.3 is 19.9 Å². The third-order valence-corrected chi connectivity index (χ3v) is 4.34. The van der Waals surface area contributed by atoms with Gasteiger partial charge in [-0.2, -0.15) is 0 Å². The van der Waals surface area contributed by atoms with Crippen LogP contribution in [0.5, 0.6) is 11.5 Å². The second-order valence-corrected chi connectivity index (χ2v) is 5.84. The summed E-state index contributed by atoms with van der Waals surface area (Å²) in [6.07, 6.45) is 4.54. The molecule has 2 aliphatic rings. The van der Waals surface area contributed by atoms with Gasteiger partial charge in [-0.25, -0.2) is 0 Å². The predicted octanol–water partition coefficient (Wildman–Crippen LogP) is 2.26. The zero-order valence-electron chi connectivity index (χ0n) is 12.8. The molecule has 2 N–H and O–H groups in total. The average Bonchev–Trinajstić information content (AvgIpc) is 3.02. The number of ether oxygens (including phenoxy) is 2. The van der Waals surface area contributed by atoms with Crippen molar-refractivity contribution < 1.29 is 24.2 Å². The largest absolute Gasteiger partial charge is 0.481 e. The van der Waals surface area contributed by atoms with E-state index < -0.39 is 17.8 Å². The molecule has 6 heteroatoms. The van der Waals surface area contributed by atoms with Crippen LogP contribution in [0.2, 0.25) is 0 Å². The molecule has 6 nitrogen and oxygen atoms in total. The summed E-state index contributed by atoms with van der Waals surface area (Å²) >= 11 is 0. The summed E-state index contributed by atoms with van der Waals surface area (Å²) in [5, 5.41) is 12.2. The molecule has 1 aliphatic heterocycles. The van der Waals surface area contributed by atoms with E-state index in [9.17, 15) is 14.7 Å². The quantitative estimate of drug-likeness (QED) is 0.832. The van der Waals surface area contributed by atoms with Crippen LogP contribution in [0.4, 0.5) is 0 Å². The predicted molar refractivity (Wildman–Crippen MR) is 82.1 cm³/mol. The summed E-state index contributed by atoms with van der Waals surface area (Å²) in [5.74, 6) is -1.00. The van der Waals surface area contributed by atoms with Gasteiger partial charge in [0, 0.05) is 0 Å². The number of amides is 1. The van der Waals surface area contributed by atoms with Crippen molar-refractivity contribution in [3.63, 3.8) is 0 Å². The number of rotatable bonds is 4. The lowest BCUT2D eigenvalue weighted by atomic mass is 9.82. The van der Waals surface area contributed by atoms with E-state index in [1.807, 2.05) is 37.3 Å². The van der Waals surface area contributed by atoms with Crippen molar-refractivity contribution >= 4 is 11.9 Å². The monoisotopic (exact) mass is 317 g/mol. The number of hydrogen-bond donors (Lipinski definition) is 2. The number of allylic oxidation sites excluding steroid dienone is 2. The molecule has 3 unspecified atom stereocenters. The molecule has 0 saturated carbocycles. The SMILES string of the molecule is CC(NC(=O)C1CC=CCC1C(=O)O)c1ccc2c(c1)OCO2. The Kier molecular flexibility index (Phi) is 4.23. The van der Waals surface area contributed by atoms with E-state index in [1.54, 1.807) is 0 Å². The van der Waals surface area contributed by atoms with E-state index in [-0.39, 0.29) is 18.7 Å². The van der Waals surface area contributed by atoms with Gasteiger partial charge in [0.05, 0.1) is 17.9 Å². The van der Waals surface area contributed by atoms with Crippen LogP contribution in [0.25, 0.3) is 0 Å². The smallest absolute Gasteiger partial charge is 0.307 e. The summed E-state index contributed by atoms with van der Waals surface area (Å²) in [4.78, 5) is 23.8. The molecular weight excluding hydrogens is 298 g/mol. The van der Waals surface area contributed by atoms with Crippen LogP contribution >= 0.6 is 0 Å². The Morgan fingerprint density at radius 3 is 2.61 bits per heavy atom. The van der Waals surface area contributed by atoms with Crippen LogP contribution in [-0.2, 0) is 9.59 Å². The van der Waals surface area contributed by atoms with Crippen molar-refractivity contribution in [3.8, 4) is 11.5 Å². The minimum absolute atomic E-state index is 0.203. The first kappa shape index (κ1) is 15.4. The molecule has 3 rings (SSSR count). The van der Waals surface area contributed by atoms with Crippen LogP contribution < -0.4 is 14.8 Å². The third-order valence-electron chi connectivity index (χ3n) is 4.34. The molecule has 0 saturated heterocycles. The van der Waals surface area contributed by atoms with E-state index in [1.165, 1.54) is 0 Å². The fraction of sp³-hybridized carbons (Fsp3) is 0.412. The molecule has 1 amide bonds. The van der Waals surface area contributed by atoms with Crippen LogP contribution in [-0.4, -0.2) is 23.8 Å². The van der Waals surface area contributed by atoms with Crippen molar-refractivity contribution in [2.75, 3.05) is 6.79 Å². The Balaban J connectivity index is 1.69. The Bertz CT molecular complexity index is 654. The molecule has 0 spiro atoms. The second-order valence-electron chi connectivity index (χ2n) is 5.84. The number of nitrogens with one attached hydrogen (secondary N) is 1. The zero-order valence-corrected chi connectivity index (χ0v) is 12.8. The van der Waals surface area contributed by atoms with Crippen LogP contribution in [0.3, 0.4) is 0 Å². The van der Waals surface area contributed by atoms with Crippen molar-refractivity contribution in [2.24, 2.45) is 11.8 Å². The third kappa shape index (κ3) is 3.16. The van der Waals surface area contributed by atoms with Crippen molar-refractivity contribution in [1.82, 2.24) is 5.32 Å². The molecule has 1 aliphatic carbocycles. The van der Waals surface area contributed by atoms with E-state index in [0.29, 0.717) is 24.3 Å². The summed E-state index contributed by atoms with van der Waals surface area (Å²) in [7, 11) is 0. The molecule has 23 heavy (non-hydrogen) atoms. The van der Waals surface area contributed by atoms with Gasteiger partial charge in [0.1, 0.15) is 0 Å². The fourth-order valence-corrected chi connectivity index (χ4v) is 2.96. The number of fused-ring (bicyclic) bond motifs is 1. The maximum atomic E-state index is 12.5. The molecule has 0 fully saturated rings. The summed E-state index contributed by atoms with van der Waals surface area (Å²) in [6, 6.07) is 5.28. The first-order valence-electron chi connectivity index (χ1n) is 7.64. The number of carboxylic acids is 1. The fourth-order valence-electron chi connectivity index (χ4n) is 2.96. The second kappa shape index (κ2) is 6.32. The number of carbonyl (C=O) groups is 2. The minimum Gasteiger partial charge on any atom is -0.481 e. The van der Waals surface area contributed by atoms with E-state index in [4.69, 9.17) is 9.47 Å². The lowest BCUT2D eigenvalue weighted by Gasteiger charge is -2.26. The van der Waals surface area contributed by atoms with Gasteiger partial charge in [-0.1, -0.05) is 18.2 Å². The Morgan fingerprint density at radius 2 is 1.87 bits per heavy atom. The Labute approximate surface area is 134 Å². The average molecular weight is 317 g/mol. The van der Waals surface area contributed by atoms with Gasteiger partial charge >= 0.3 is 5.97 Å². The van der Waals surface area contributed by atoms with Crippen LogP contribution in [0, 0.1) is 11.8 Å². The molecule has 0 bridgehead atoms. The van der Waals surface area contributed by atoms with Gasteiger partial charge in [-0.15, -0.1) is 0 Å². The van der Waals surface area contributed by atoms with Crippen LogP contribution in [0.15, 0.2) is 30.4 Å². The molecule has 1 aromatic rings. The first-order chi connectivity index (χ1) is 11.1. The van der Waals surface area contributed by atoms with Gasteiger partial charge in [-0.3, -0.25) is 9.59 Å². The maximum absolute atomic E-state index is 12.5. The highest BCUT2D eigenvalue weighted by molar-refractivity contribution is 5.85. The number of hydrogen-bond acceptors (Lipinski definition) is 4. The molecule has 122 valence electrons. The van der Waals surface area contributed by atoms with E-state index >= 15 is 0 Å². The van der Waals surface area contributed by atoms with E-state index in [2.05, 4.69) is 5.32 Å². The molecular formula is C17H19NO5.